The summed E-state index contributed by atoms with van der Waals surface area (Å²) >= 11 is 0. The number of benzene rings is 1. The Kier molecular flexibility index (Phi) is 3.81. The molecule has 0 saturated carbocycles. The zero-order valence-electron chi connectivity index (χ0n) is 12.8. The van der Waals surface area contributed by atoms with Gasteiger partial charge < -0.3 is 10.3 Å². The maximum absolute atomic E-state index is 6.35. The minimum atomic E-state index is -0.464. The largest absolute Gasteiger partial charge is 0.339 e. The Balaban J connectivity index is 1.82. The van der Waals surface area contributed by atoms with Crippen LogP contribution in [0.15, 0.2) is 28.8 Å². The average molecular weight is 285 g/mol. The second kappa shape index (κ2) is 5.60. The number of aryl methyl sites for hydroxylation is 1. The predicted octanol–water partition coefficient (Wildman–Crippen LogP) is 3.32. The number of hydrogen-bond acceptors (Lipinski definition) is 4. The monoisotopic (exact) mass is 285 g/mol. The van der Waals surface area contributed by atoms with Gasteiger partial charge in [-0.05, 0) is 43.2 Å². The van der Waals surface area contributed by atoms with Crippen LogP contribution in [0.1, 0.15) is 61.9 Å². The molecule has 21 heavy (non-hydrogen) atoms. The van der Waals surface area contributed by atoms with Crippen molar-refractivity contribution in [2.45, 2.75) is 57.4 Å². The van der Waals surface area contributed by atoms with Gasteiger partial charge in [0.1, 0.15) is 0 Å². The molecule has 4 heteroatoms. The van der Waals surface area contributed by atoms with Crippen molar-refractivity contribution in [2.24, 2.45) is 5.73 Å². The summed E-state index contributed by atoms with van der Waals surface area (Å²) in [4.78, 5) is 4.62. The number of nitrogens with zero attached hydrogens (tertiary/aromatic N) is 2. The van der Waals surface area contributed by atoms with Crippen LogP contribution in [0.2, 0.25) is 0 Å². The fourth-order valence-corrected chi connectivity index (χ4v) is 3.08. The number of rotatable bonds is 4. The van der Waals surface area contributed by atoms with E-state index in [1.807, 2.05) is 0 Å². The SMILES string of the molecule is CCC(N)(CC)c1noc(C2CCc3ccccc3C2)n1. The standard InChI is InChI=1S/C17H23N3O/c1-3-17(18,4-2)16-19-15(21-20-16)14-10-9-12-7-5-6-8-13(12)11-14/h5-8,14H,3-4,9-11,18H2,1-2H3. The molecule has 3 rings (SSSR count). The minimum absolute atomic E-state index is 0.319. The zero-order valence-corrected chi connectivity index (χ0v) is 12.8. The Hall–Kier alpha value is -1.68. The van der Waals surface area contributed by atoms with Gasteiger partial charge in [-0.25, -0.2) is 0 Å². The van der Waals surface area contributed by atoms with E-state index in [1.54, 1.807) is 0 Å². The van der Waals surface area contributed by atoms with Crippen molar-refractivity contribution in [1.82, 2.24) is 10.1 Å². The molecule has 1 aliphatic carbocycles. The van der Waals surface area contributed by atoms with E-state index in [0.29, 0.717) is 11.7 Å². The Morgan fingerprint density at radius 2 is 1.95 bits per heavy atom. The van der Waals surface area contributed by atoms with Crippen LogP contribution in [0.5, 0.6) is 0 Å². The molecule has 1 aromatic heterocycles. The molecule has 0 spiro atoms. The van der Waals surface area contributed by atoms with Gasteiger partial charge in [0.05, 0.1) is 5.54 Å². The Morgan fingerprint density at radius 1 is 1.24 bits per heavy atom. The number of aromatic nitrogens is 2. The van der Waals surface area contributed by atoms with Crippen LogP contribution in [0, 0.1) is 0 Å². The molecule has 1 aromatic carbocycles. The first-order valence-electron chi connectivity index (χ1n) is 7.86. The van der Waals surface area contributed by atoms with Gasteiger partial charge in [0.2, 0.25) is 5.89 Å². The molecule has 4 nitrogen and oxygen atoms in total. The molecule has 2 aromatic rings. The van der Waals surface area contributed by atoms with Gasteiger partial charge in [-0.15, -0.1) is 0 Å². The highest BCUT2D eigenvalue weighted by Gasteiger charge is 2.31. The third-order valence-corrected chi connectivity index (χ3v) is 4.84. The molecule has 2 N–H and O–H groups in total. The van der Waals surface area contributed by atoms with Gasteiger partial charge in [0.25, 0.3) is 0 Å². The summed E-state index contributed by atoms with van der Waals surface area (Å²) < 4.78 is 5.53. The summed E-state index contributed by atoms with van der Waals surface area (Å²) in [6, 6.07) is 8.61. The summed E-state index contributed by atoms with van der Waals surface area (Å²) in [5.74, 6) is 1.72. The van der Waals surface area contributed by atoms with E-state index >= 15 is 0 Å². The van der Waals surface area contributed by atoms with Crippen molar-refractivity contribution in [3.05, 3.63) is 47.1 Å². The molecule has 1 heterocycles. The van der Waals surface area contributed by atoms with Crippen LogP contribution in [0.25, 0.3) is 0 Å². The number of hydrogen-bond donors (Lipinski definition) is 1. The van der Waals surface area contributed by atoms with E-state index in [0.717, 1.165) is 38.0 Å². The van der Waals surface area contributed by atoms with Gasteiger partial charge in [0, 0.05) is 5.92 Å². The van der Waals surface area contributed by atoms with E-state index in [1.165, 1.54) is 11.1 Å². The average Bonchev–Trinajstić information content (AvgIpc) is 3.04. The first-order valence-corrected chi connectivity index (χ1v) is 7.86. The molecule has 0 fully saturated rings. The van der Waals surface area contributed by atoms with E-state index in [-0.39, 0.29) is 0 Å². The van der Waals surface area contributed by atoms with Crippen molar-refractivity contribution in [1.29, 1.82) is 0 Å². The van der Waals surface area contributed by atoms with Crippen LogP contribution in [-0.2, 0) is 18.4 Å². The molecule has 0 amide bonds. The smallest absolute Gasteiger partial charge is 0.230 e. The van der Waals surface area contributed by atoms with Crippen LogP contribution in [-0.4, -0.2) is 10.1 Å². The fraction of sp³-hybridized carbons (Fsp3) is 0.529. The molecule has 0 radical (unpaired) electrons. The lowest BCUT2D eigenvalue weighted by molar-refractivity contribution is 0.318. The third-order valence-electron chi connectivity index (χ3n) is 4.84. The molecular formula is C17H23N3O. The molecule has 0 bridgehead atoms. The van der Waals surface area contributed by atoms with Gasteiger partial charge in [-0.1, -0.05) is 43.3 Å². The lowest BCUT2D eigenvalue weighted by Crippen LogP contribution is -2.36. The van der Waals surface area contributed by atoms with Crippen molar-refractivity contribution >= 4 is 0 Å². The second-order valence-corrected chi connectivity index (χ2v) is 6.03. The van der Waals surface area contributed by atoms with Gasteiger partial charge >= 0.3 is 0 Å². The van der Waals surface area contributed by atoms with Gasteiger partial charge in [-0.3, -0.25) is 0 Å². The van der Waals surface area contributed by atoms with E-state index in [4.69, 9.17) is 10.3 Å². The van der Waals surface area contributed by atoms with E-state index < -0.39 is 5.54 Å². The normalized spacial score (nSPS) is 18.5. The number of fused-ring (bicyclic) bond motifs is 1. The Bertz CT molecular complexity index is 616. The predicted molar refractivity (Wildman–Crippen MR) is 82.0 cm³/mol. The van der Waals surface area contributed by atoms with E-state index in [2.05, 4.69) is 48.3 Å². The molecule has 0 saturated heterocycles. The first kappa shape index (κ1) is 14.3. The molecule has 1 unspecified atom stereocenters. The first-order chi connectivity index (χ1) is 10.2. The lowest BCUT2D eigenvalue weighted by atomic mass is 9.84. The van der Waals surface area contributed by atoms with E-state index in [9.17, 15) is 0 Å². The zero-order chi connectivity index (χ0) is 14.9. The maximum atomic E-state index is 6.35. The van der Waals surface area contributed by atoms with Crippen molar-refractivity contribution in [2.75, 3.05) is 0 Å². The van der Waals surface area contributed by atoms with Crippen LogP contribution < -0.4 is 5.73 Å². The Labute approximate surface area is 125 Å². The lowest BCUT2D eigenvalue weighted by Gasteiger charge is -2.22. The summed E-state index contributed by atoms with van der Waals surface area (Å²) in [7, 11) is 0. The molecule has 1 atom stereocenters. The highest BCUT2D eigenvalue weighted by atomic mass is 16.5. The summed E-state index contributed by atoms with van der Waals surface area (Å²) in [6.45, 7) is 4.13. The highest BCUT2D eigenvalue weighted by Crippen LogP contribution is 2.33. The van der Waals surface area contributed by atoms with Gasteiger partial charge in [-0.2, -0.15) is 4.98 Å². The Morgan fingerprint density at radius 3 is 2.67 bits per heavy atom. The summed E-state index contributed by atoms with van der Waals surface area (Å²) in [5, 5.41) is 4.15. The highest BCUT2D eigenvalue weighted by molar-refractivity contribution is 5.31. The summed E-state index contributed by atoms with van der Waals surface area (Å²) in [6.07, 6.45) is 4.75. The molecule has 0 aliphatic heterocycles. The van der Waals surface area contributed by atoms with Crippen LogP contribution in [0.3, 0.4) is 0 Å². The maximum Gasteiger partial charge on any atom is 0.230 e. The molecule has 112 valence electrons. The number of nitrogens with two attached hydrogens (primary N) is 1. The van der Waals surface area contributed by atoms with Crippen LogP contribution >= 0.6 is 0 Å². The fourth-order valence-electron chi connectivity index (χ4n) is 3.08. The van der Waals surface area contributed by atoms with Crippen molar-refractivity contribution in [3.8, 4) is 0 Å². The topological polar surface area (TPSA) is 64.9 Å². The van der Waals surface area contributed by atoms with Crippen LogP contribution in [0.4, 0.5) is 0 Å². The molecular weight excluding hydrogens is 262 g/mol. The van der Waals surface area contributed by atoms with Crippen molar-refractivity contribution in [3.63, 3.8) is 0 Å². The third kappa shape index (κ3) is 2.60. The summed E-state index contributed by atoms with van der Waals surface area (Å²) in [5.41, 5.74) is 8.74. The quantitative estimate of drug-likeness (QED) is 0.936. The minimum Gasteiger partial charge on any atom is -0.339 e. The van der Waals surface area contributed by atoms with Crippen molar-refractivity contribution < 1.29 is 4.52 Å². The van der Waals surface area contributed by atoms with Gasteiger partial charge in [0.15, 0.2) is 5.82 Å². The second-order valence-electron chi connectivity index (χ2n) is 6.03. The molecule has 1 aliphatic rings.